The minimum absolute atomic E-state index is 0.0209. The van der Waals surface area contributed by atoms with Crippen molar-refractivity contribution < 1.29 is 27.4 Å². The van der Waals surface area contributed by atoms with Crippen molar-refractivity contribution in [1.82, 2.24) is 14.1 Å². The van der Waals surface area contributed by atoms with Gasteiger partial charge in [0.05, 0.1) is 40.1 Å². The van der Waals surface area contributed by atoms with Gasteiger partial charge < -0.3 is 9.84 Å². The lowest BCUT2D eigenvalue weighted by atomic mass is 10.1. The molecule has 1 aliphatic heterocycles. The lowest BCUT2D eigenvalue weighted by Gasteiger charge is -2.18. The van der Waals surface area contributed by atoms with E-state index in [1.165, 1.54) is 28.6 Å². The van der Waals surface area contributed by atoms with Crippen LogP contribution in [0.2, 0.25) is 0 Å². The normalized spacial score (nSPS) is 19.4. The van der Waals surface area contributed by atoms with Crippen molar-refractivity contribution in [3.63, 3.8) is 0 Å². The Kier molecular flexibility index (Phi) is 6.15. The zero-order valence-electron chi connectivity index (χ0n) is 18.6. The number of sulfonamides is 1. The largest absolute Gasteiger partial charge is 0.491 e. The molecule has 8 nitrogen and oxygen atoms in total. The molecule has 2 aromatic carbocycles. The van der Waals surface area contributed by atoms with Gasteiger partial charge in [0.2, 0.25) is 10.0 Å². The molecule has 0 bridgehead atoms. The minimum Gasteiger partial charge on any atom is -0.491 e. The van der Waals surface area contributed by atoms with E-state index in [1.807, 2.05) is 20.8 Å². The van der Waals surface area contributed by atoms with E-state index < -0.39 is 28.2 Å². The summed E-state index contributed by atoms with van der Waals surface area (Å²) in [5.41, 5.74) is 0.586. The number of rotatable bonds is 7. The second kappa shape index (κ2) is 8.75. The standard InChI is InChI=1S/C23H26FN3O5S/c1-14(2)32-16-7-9-17(10-8-16)33(30,31)26-12-15(3)21(13-26)27-20-6-4-5-18(24)23(20)19(25-27)11-22(28)29/h4-10,14-15,21H,11-13H2,1-3H3,(H,28,29)/t15-,21+/m1/s1. The van der Waals surface area contributed by atoms with Gasteiger partial charge in [0.15, 0.2) is 0 Å². The molecule has 2 atom stereocenters. The van der Waals surface area contributed by atoms with Gasteiger partial charge >= 0.3 is 5.97 Å². The first-order valence-corrected chi connectivity index (χ1v) is 12.2. The molecule has 0 spiro atoms. The van der Waals surface area contributed by atoms with E-state index in [1.54, 1.807) is 22.9 Å². The number of carboxylic acid groups (broad SMARTS) is 1. The summed E-state index contributed by atoms with van der Waals surface area (Å²) in [5.74, 6) is -1.19. The number of hydrogen-bond donors (Lipinski definition) is 1. The summed E-state index contributed by atoms with van der Waals surface area (Å²) >= 11 is 0. The van der Waals surface area contributed by atoms with Crippen molar-refractivity contribution in [3.8, 4) is 5.75 Å². The van der Waals surface area contributed by atoms with Crippen LogP contribution in [0.3, 0.4) is 0 Å². The molecule has 1 aromatic heterocycles. The molecule has 10 heteroatoms. The Balaban J connectivity index is 1.65. The van der Waals surface area contributed by atoms with Gasteiger partial charge in [-0.15, -0.1) is 0 Å². The number of aliphatic carboxylic acids is 1. The van der Waals surface area contributed by atoms with Crippen molar-refractivity contribution in [3.05, 3.63) is 54.0 Å². The summed E-state index contributed by atoms with van der Waals surface area (Å²) in [6.07, 6.45) is -0.439. The average Bonchev–Trinajstić information content (AvgIpc) is 3.29. The number of aromatic nitrogens is 2. The first-order chi connectivity index (χ1) is 15.6. The van der Waals surface area contributed by atoms with Crippen LogP contribution in [0.25, 0.3) is 10.9 Å². The fourth-order valence-electron chi connectivity index (χ4n) is 4.28. The zero-order chi connectivity index (χ0) is 23.9. The molecule has 4 rings (SSSR count). The van der Waals surface area contributed by atoms with Gasteiger partial charge in [0.25, 0.3) is 0 Å². The van der Waals surface area contributed by atoms with Crippen LogP contribution in [0, 0.1) is 11.7 Å². The number of fused-ring (bicyclic) bond motifs is 1. The second-order valence-corrected chi connectivity index (χ2v) is 10.5. The summed E-state index contributed by atoms with van der Waals surface area (Å²) in [7, 11) is -3.76. The second-order valence-electron chi connectivity index (χ2n) is 8.60. The third-order valence-corrected chi connectivity index (χ3v) is 7.61. The minimum atomic E-state index is -3.76. The predicted octanol–water partition coefficient (Wildman–Crippen LogP) is 3.47. The van der Waals surface area contributed by atoms with E-state index in [2.05, 4.69) is 5.10 Å². The Hall–Kier alpha value is -2.98. The van der Waals surface area contributed by atoms with Gasteiger partial charge in [-0.3, -0.25) is 9.48 Å². The van der Waals surface area contributed by atoms with Crippen molar-refractivity contribution in [2.45, 2.75) is 44.2 Å². The highest BCUT2D eigenvalue weighted by atomic mass is 32.2. The number of carbonyl (C=O) groups is 1. The van der Waals surface area contributed by atoms with Crippen molar-refractivity contribution in [1.29, 1.82) is 0 Å². The molecule has 0 radical (unpaired) electrons. The van der Waals surface area contributed by atoms with Gasteiger partial charge in [0, 0.05) is 13.1 Å². The fourth-order valence-corrected chi connectivity index (χ4v) is 5.83. The number of carboxylic acids is 1. The van der Waals surface area contributed by atoms with Gasteiger partial charge in [-0.05, 0) is 56.2 Å². The van der Waals surface area contributed by atoms with E-state index in [0.717, 1.165) is 0 Å². The highest BCUT2D eigenvalue weighted by Gasteiger charge is 2.39. The molecular weight excluding hydrogens is 449 g/mol. The van der Waals surface area contributed by atoms with Gasteiger partial charge in [-0.2, -0.15) is 9.40 Å². The monoisotopic (exact) mass is 475 g/mol. The van der Waals surface area contributed by atoms with Crippen LogP contribution < -0.4 is 4.74 Å². The van der Waals surface area contributed by atoms with Crippen molar-refractivity contribution in [2.24, 2.45) is 5.92 Å². The summed E-state index contributed by atoms with van der Waals surface area (Å²) in [6, 6.07) is 10.4. The smallest absolute Gasteiger partial charge is 0.309 e. The molecule has 176 valence electrons. The van der Waals surface area contributed by atoms with Crippen LogP contribution in [0.15, 0.2) is 47.4 Å². The first kappa shape index (κ1) is 23.2. The van der Waals surface area contributed by atoms with Crippen molar-refractivity contribution >= 4 is 26.9 Å². The maximum absolute atomic E-state index is 14.5. The summed E-state index contributed by atoms with van der Waals surface area (Å²) in [5, 5.41) is 13.8. The molecule has 3 aromatic rings. The Bertz CT molecular complexity index is 1290. The number of halogens is 1. The molecule has 2 heterocycles. The zero-order valence-corrected chi connectivity index (χ0v) is 19.4. The van der Waals surface area contributed by atoms with Gasteiger partial charge in [-0.25, -0.2) is 12.8 Å². The summed E-state index contributed by atoms with van der Waals surface area (Å²) in [6.45, 7) is 6.10. The SMILES string of the molecule is CC(C)Oc1ccc(S(=O)(=O)N2C[C@@H](C)[C@@H](n3nc(CC(=O)O)c4c(F)cccc43)C2)cc1. The molecule has 1 N–H and O–H groups in total. The lowest BCUT2D eigenvalue weighted by Crippen LogP contribution is -2.29. The van der Waals surface area contributed by atoms with Gasteiger partial charge in [0.1, 0.15) is 11.6 Å². The Morgan fingerprint density at radius 2 is 1.91 bits per heavy atom. The summed E-state index contributed by atoms with van der Waals surface area (Å²) < 4.78 is 49.6. The maximum atomic E-state index is 14.5. The number of ether oxygens (including phenoxy) is 1. The van der Waals surface area contributed by atoms with Crippen LogP contribution in [0.4, 0.5) is 4.39 Å². The fraction of sp³-hybridized carbons (Fsp3) is 0.391. The lowest BCUT2D eigenvalue weighted by molar-refractivity contribution is -0.136. The molecular formula is C23H26FN3O5S. The predicted molar refractivity (Wildman–Crippen MR) is 120 cm³/mol. The third-order valence-electron chi connectivity index (χ3n) is 5.76. The summed E-state index contributed by atoms with van der Waals surface area (Å²) in [4.78, 5) is 11.4. The van der Waals surface area contributed by atoms with E-state index in [-0.39, 0.29) is 47.1 Å². The number of hydrogen-bond acceptors (Lipinski definition) is 5. The van der Waals surface area contributed by atoms with Crippen molar-refractivity contribution in [2.75, 3.05) is 13.1 Å². The van der Waals surface area contributed by atoms with Crippen LogP contribution in [-0.2, 0) is 21.2 Å². The molecule has 0 amide bonds. The highest BCUT2D eigenvalue weighted by Crippen LogP contribution is 2.35. The number of benzene rings is 2. The third kappa shape index (κ3) is 4.45. The van der Waals surface area contributed by atoms with E-state index >= 15 is 0 Å². The average molecular weight is 476 g/mol. The van der Waals surface area contributed by atoms with E-state index in [4.69, 9.17) is 4.74 Å². The van der Waals surface area contributed by atoms with Crippen LogP contribution in [-0.4, -0.2) is 52.8 Å². The van der Waals surface area contributed by atoms with Gasteiger partial charge in [-0.1, -0.05) is 13.0 Å². The topological polar surface area (TPSA) is 102 Å². The molecule has 1 saturated heterocycles. The van der Waals surface area contributed by atoms with E-state index in [0.29, 0.717) is 11.3 Å². The molecule has 1 fully saturated rings. The van der Waals surface area contributed by atoms with Crippen LogP contribution >= 0.6 is 0 Å². The molecule has 1 aliphatic rings. The number of nitrogens with zero attached hydrogens (tertiary/aromatic N) is 3. The Morgan fingerprint density at radius 3 is 2.55 bits per heavy atom. The quantitative estimate of drug-likeness (QED) is 0.562. The molecule has 0 aliphatic carbocycles. The highest BCUT2D eigenvalue weighted by molar-refractivity contribution is 7.89. The first-order valence-electron chi connectivity index (χ1n) is 10.7. The Morgan fingerprint density at radius 1 is 1.21 bits per heavy atom. The molecule has 0 unspecified atom stereocenters. The maximum Gasteiger partial charge on any atom is 0.309 e. The van der Waals surface area contributed by atoms with Crippen LogP contribution in [0.1, 0.15) is 32.5 Å². The van der Waals surface area contributed by atoms with Crippen LogP contribution in [0.5, 0.6) is 5.75 Å². The molecule has 33 heavy (non-hydrogen) atoms. The van der Waals surface area contributed by atoms with E-state index in [9.17, 15) is 22.7 Å². The molecule has 0 saturated carbocycles. The Labute approximate surface area is 191 Å².